The van der Waals surface area contributed by atoms with Crippen LogP contribution in [-0.2, 0) is 14.3 Å². The fourth-order valence-corrected chi connectivity index (χ4v) is 2.30. The molecule has 98 valence electrons. The maximum atomic E-state index is 12.0. The van der Waals surface area contributed by atoms with Crippen molar-refractivity contribution in [3.05, 3.63) is 0 Å². The van der Waals surface area contributed by atoms with Gasteiger partial charge in [-0.3, -0.25) is 4.79 Å². The zero-order valence-corrected chi connectivity index (χ0v) is 11.5. The molecule has 0 N–H and O–H groups in total. The molecule has 0 atom stereocenters. The van der Waals surface area contributed by atoms with Gasteiger partial charge in [-0.1, -0.05) is 20.8 Å². The van der Waals surface area contributed by atoms with Gasteiger partial charge >= 0.3 is 0 Å². The maximum Gasteiger partial charge on any atom is 0.227 e. The maximum absolute atomic E-state index is 12.0. The minimum absolute atomic E-state index is 0.0381. The fourth-order valence-electron chi connectivity index (χ4n) is 2.30. The molecule has 0 aromatic rings. The molecule has 17 heavy (non-hydrogen) atoms. The van der Waals surface area contributed by atoms with Crippen LogP contribution in [0.4, 0.5) is 0 Å². The van der Waals surface area contributed by atoms with Crippen LogP contribution >= 0.6 is 0 Å². The van der Waals surface area contributed by atoms with E-state index in [2.05, 4.69) is 0 Å². The van der Waals surface area contributed by atoms with Gasteiger partial charge in [-0.05, 0) is 13.8 Å². The molecule has 4 heteroatoms. The average Bonchev–Trinajstić information content (AvgIpc) is 2.13. The van der Waals surface area contributed by atoms with E-state index >= 15 is 0 Å². The summed E-state index contributed by atoms with van der Waals surface area (Å²) in [5.74, 6) is -0.257. The normalized spacial score (nSPS) is 26.8. The molecule has 4 nitrogen and oxygen atoms in total. The number of ether oxygens (including phenoxy) is 2. The molecule has 2 aliphatic heterocycles. The van der Waals surface area contributed by atoms with Gasteiger partial charge in [0, 0.05) is 18.5 Å². The third-order valence-corrected chi connectivity index (χ3v) is 3.43. The SMILES string of the molecule is CC1(C)OCC2(CO1)CN(C(=O)C(C)(C)C)C2. The highest BCUT2D eigenvalue weighted by molar-refractivity contribution is 5.82. The van der Waals surface area contributed by atoms with Crippen molar-refractivity contribution >= 4 is 5.91 Å². The minimum Gasteiger partial charge on any atom is -0.350 e. The van der Waals surface area contributed by atoms with Crippen LogP contribution < -0.4 is 0 Å². The largest absolute Gasteiger partial charge is 0.350 e. The van der Waals surface area contributed by atoms with Crippen molar-refractivity contribution in [1.82, 2.24) is 4.90 Å². The van der Waals surface area contributed by atoms with Crippen molar-refractivity contribution < 1.29 is 14.3 Å². The van der Waals surface area contributed by atoms with Gasteiger partial charge in [0.25, 0.3) is 0 Å². The number of carbonyl (C=O) groups excluding carboxylic acids is 1. The van der Waals surface area contributed by atoms with Crippen LogP contribution in [0, 0.1) is 10.8 Å². The van der Waals surface area contributed by atoms with Crippen LogP contribution in [0.3, 0.4) is 0 Å². The number of nitrogens with zero attached hydrogens (tertiary/aromatic N) is 1. The lowest BCUT2D eigenvalue weighted by molar-refractivity contribution is -0.303. The molecule has 0 aromatic carbocycles. The quantitative estimate of drug-likeness (QED) is 0.647. The van der Waals surface area contributed by atoms with Crippen molar-refractivity contribution in [2.45, 2.75) is 40.4 Å². The first kappa shape index (κ1) is 12.8. The molecule has 2 rings (SSSR count). The highest BCUT2D eigenvalue weighted by Crippen LogP contribution is 2.39. The number of carbonyl (C=O) groups is 1. The highest BCUT2D eigenvalue weighted by atomic mass is 16.7. The topological polar surface area (TPSA) is 38.8 Å². The van der Waals surface area contributed by atoms with E-state index in [4.69, 9.17) is 9.47 Å². The van der Waals surface area contributed by atoms with E-state index in [9.17, 15) is 4.79 Å². The summed E-state index contributed by atoms with van der Waals surface area (Å²) in [6, 6.07) is 0. The summed E-state index contributed by atoms with van der Waals surface area (Å²) in [5.41, 5.74) is -0.256. The fraction of sp³-hybridized carbons (Fsp3) is 0.923. The molecular weight excluding hydrogens is 218 g/mol. The van der Waals surface area contributed by atoms with Gasteiger partial charge in [0.1, 0.15) is 0 Å². The Morgan fingerprint density at radius 2 is 1.59 bits per heavy atom. The first-order valence-electron chi connectivity index (χ1n) is 6.21. The van der Waals surface area contributed by atoms with Crippen LogP contribution in [0.5, 0.6) is 0 Å². The van der Waals surface area contributed by atoms with Crippen LogP contribution in [0.15, 0.2) is 0 Å². The van der Waals surface area contributed by atoms with Gasteiger partial charge < -0.3 is 14.4 Å². The van der Waals surface area contributed by atoms with Gasteiger partial charge in [0.15, 0.2) is 5.79 Å². The number of likely N-dealkylation sites (tertiary alicyclic amines) is 1. The second-order valence-corrected chi connectivity index (χ2v) is 6.89. The molecule has 0 aliphatic carbocycles. The number of hydrogen-bond acceptors (Lipinski definition) is 3. The number of amides is 1. The van der Waals surface area contributed by atoms with Crippen molar-refractivity contribution in [2.24, 2.45) is 10.8 Å². The Labute approximate surface area is 103 Å². The third-order valence-electron chi connectivity index (χ3n) is 3.43. The van der Waals surface area contributed by atoms with E-state index in [0.29, 0.717) is 13.2 Å². The third kappa shape index (κ3) is 2.47. The monoisotopic (exact) mass is 241 g/mol. The van der Waals surface area contributed by atoms with Crippen molar-refractivity contribution in [2.75, 3.05) is 26.3 Å². The Morgan fingerprint density at radius 3 is 2.00 bits per heavy atom. The first-order valence-corrected chi connectivity index (χ1v) is 6.21. The zero-order valence-electron chi connectivity index (χ0n) is 11.5. The van der Waals surface area contributed by atoms with Crippen LogP contribution in [0.2, 0.25) is 0 Å². The highest BCUT2D eigenvalue weighted by Gasteiger charge is 2.51. The molecule has 0 aromatic heterocycles. The van der Waals surface area contributed by atoms with Gasteiger partial charge in [-0.2, -0.15) is 0 Å². The summed E-state index contributed by atoms with van der Waals surface area (Å²) in [6.07, 6.45) is 0. The molecule has 0 radical (unpaired) electrons. The zero-order chi connectivity index (χ0) is 12.9. The predicted octanol–water partition coefficient (Wildman–Crippen LogP) is 1.64. The molecule has 2 heterocycles. The molecular formula is C13H23NO3. The Balaban J connectivity index is 1.89. The second-order valence-electron chi connectivity index (χ2n) is 6.89. The summed E-state index contributed by atoms with van der Waals surface area (Å²) in [5, 5.41) is 0. The van der Waals surface area contributed by atoms with Crippen LogP contribution in [-0.4, -0.2) is 42.9 Å². The van der Waals surface area contributed by atoms with E-state index in [1.165, 1.54) is 0 Å². The molecule has 0 unspecified atom stereocenters. The predicted molar refractivity (Wildman–Crippen MR) is 64.5 cm³/mol. The Hall–Kier alpha value is -0.610. The lowest BCUT2D eigenvalue weighted by atomic mass is 9.78. The minimum atomic E-state index is -0.473. The van der Waals surface area contributed by atoms with Crippen molar-refractivity contribution in [1.29, 1.82) is 0 Å². The molecule has 2 aliphatic rings. The average molecular weight is 241 g/mol. The molecule has 2 saturated heterocycles. The number of rotatable bonds is 0. The number of hydrogen-bond donors (Lipinski definition) is 0. The van der Waals surface area contributed by atoms with E-state index in [1.54, 1.807) is 0 Å². The van der Waals surface area contributed by atoms with E-state index in [0.717, 1.165) is 13.1 Å². The van der Waals surface area contributed by atoms with Gasteiger partial charge in [0.05, 0.1) is 18.6 Å². The Bertz CT molecular complexity index is 312. The molecule has 2 fully saturated rings. The molecule has 0 bridgehead atoms. The lowest BCUT2D eigenvalue weighted by Gasteiger charge is -2.55. The lowest BCUT2D eigenvalue weighted by Crippen LogP contribution is -2.67. The van der Waals surface area contributed by atoms with Crippen molar-refractivity contribution in [3.8, 4) is 0 Å². The Morgan fingerprint density at radius 1 is 1.12 bits per heavy atom. The summed E-state index contributed by atoms with van der Waals surface area (Å²) < 4.78 is 11.4. The standard InChI is InChI=1S/C13H23NO3/c1-11(2,3)10(15)14-6-13(7-14)8-16-12(4,5)17-9-13/h6-9H2,1-5H3. The van der Waals surface area contributed by atoms with Gasteiger partial charge in [-0.25, -0.2) is 0 Å². The van der Waals surface area contributed by atoms with Crippen LogP contribution in [0.25, 0.3) is 0 Å². The van der Waals surface area contributed by atoms with Crippen LogP contribution in [0.1, 0.15) is 34.6 Å². The Kier molecular flexibility index (Phi) is 2.79. The van der Waals surface area contributed by atoms with Crippen molar-refractivity contribution in [3.63, 3.8) is 0 Å². The second kappa shape index (κ2) is 3.69. The first-order chi connectivity index (χ1) is 7.64. The van der Waals surface area contributed by atoms with Gasteiger partial charge in [0.2, 0.25) is 5.91 Å². The smallest absolute Gasteiger partial charge is 0.227 e. The summed E-state index contributed by atoms with van der Waals surface area (Å²) in [4.78, 5) is 14.0. The van der Waals surface area contributed by atoms with E-state index in [-0.39, 0.29) is 16.7 Å². The summed E-state index contributed by atoms with van der Waals surface area (Å²) >= 11 is 0. The summed E-state index contributed by atoms with van der Waals surface area (Å²) in [6.45, 7) is 12.6. The molecule has 1 amide bonds. The molecule has 0 saturated carbocycles. The molecule has 1 spiro atoms. The van der Waals surface area contributed by atoms with E-state index in [1.807, 2.05) is 39.5 Å². The van der Waals surface area contributed by atoms with Gasteiger partial charge in [-0.15, -0.1) is 0 Å². The summed E-state index contributed by atoms with van der Waals surface area (Å²) in [7, 11) is 0. The van der Waals surface area contributed by atoms with E-state index < -0.39 is 5.79 Å².